The number of hydrogen-bond donors (Lipinski definition) is 0. The Labute approximate surface area is 172 Å². The average Bonchev–Trinajstić information content (AvgIpc) is 2.69. The first-order chi connectivity index (χ1) is 13.2. The molecular formula is C26H50N+. The highest BCUT2D eigenvalue weighted by Gasteiger charge is 2.23. The zero-order chi connectivity index (χ0) is 20.1. The van der Waals surface area contributed by atoms with Crippen molar-refractivity contribution in [2.24, 2.45) is 0 Å². The van der Waals surface area contributed by atoms with E-state index in [1.54, 1.807) is 0 Å². The molecule has 0 aliphatic rings. The van der Waals surface area contributed by atoms with Crippen molar-refractivity contribution in [2.45, 2.75) is 105 Å². The Kier molecular flexibility index (Phi) is 19.3. The molecule has 0 bridgehead atoms. The summed E-state index contributed by atoms with van der Waals surface area (Å²) in [6, 6.07) is 0. The van der Waals surface area contributed by atoms with E-state index in [0.717, 1.165) is 0 Å². The normalized spacial score (nSPS) is 12.9. The molecule has 0 atom stereocenters. The standard InChI is InChI=1S/C26H50N/c1-5-9-12-15-18-21-24-27(8-4,25-22-19-16-13-10-6-2)26-23-20-17-14-11-7-3/h5-7,9-11H,8,12-26H2,1-4H3/q+1/b9-5+,10-6+,11-7+. The predicted octanol–water partition coefficient (Wildman–Crippen LogP) is 8.23. The smallest absolute Gasteiger partial charge is 0.0786 e. The number of nitrogens with zero attached hydrogens (tertiary/aromatic N) is 1. The summed E-state index contributed by atoms with van der Waals surface area (Å²) in [6.07, 6.45) is 29.8. The van der Waals surface area contributed by atoms with Crippen LogP contribution in [-0.2, 0) is 0 Å². The highest BCUT2D eigenvalue weighted by molar-refractivity contribution is 4.77. The molecule has 0 heterocycles. The second-order valence-electron chi connectivity index (χ2n) is 8.08. The van der Waals surface area contributed by atoms with Crippen molar-refractivity contribution in [3.8, 4) is 0 Å². The second kappa shape index (κ2) is 19.9. The monoisotopic (exact) mass is 376 g/mol. The van der Waals surface area contributed by atoms with Crippen molar-refractivity contribution < 1.29 is 4.48 Å². The van der Waals surface area contributed by atoms with Gasteiger partial charge in [-0.25, -0.2) is 0 Å². The van der Waals surface area contributed by atoms with Gasteiger partial charge in [0.15, 0.2) is 0 Å². The van der Waals surface area contributed by atoms with Gasteiger partial charge in [-0.15, -0.1) is 0 Å². The summed E-state index contributed by atoms with van der Waals surface area (Å²) < 4.78 is 1.37. The molecule has 0 radical (unpaired) electrons. The maximum Gasteiger partial charge on any atom is 0.0786 e. The van der Waals surface area contributed by atoms with Crippen LogP contribution in [0.1, 0.15) is 105 Å². The third-order valence-electron chi connectivity index (χ3n) is 5.89. The second-order valence-corrected chi connectivity index (χ2v) is 8.08. The van der Waals surface area contributed by atoms with E-state index >= 15 is 0 Å². The zero-order valence-corrected chi connectivity index (χ0v) is 19.2. The Bertz CT molecular complexity index is 323. The number of allylic oxidation sites excluding steroid dienone is 6. The van der Waals surface area contributed by atoms with Gasteiger partial charge in [0.25, 0.3) is 0 Å². The van der Waals surface area contributed by atoms with E-state index in [1.165, 1.54) is 108 Å². The van der Waals surface area contributed by atoms with Crippen molar-refractivity contribution in [1.82, 2.24) is 0 Å². The fourth-order valence-corrected chi connectivity index (χ4v) is 3.97. The van der Waals surface area contributed by atoms with Gasteiger partial charge >= 0.3 is 0 Å². The van der Waals surface area contributed by atoms with Gasteiger partial charge in [-0.2, -0.15) is 0 Å². The van der Waals surface area contributed by atoms with Gasteiger partial charge in [0.2, 0.25) is 0 Å². The highest BCUT2D eigenvalue weighted by Crippen LogP contribution is 2.17. The Morgan fingerprint density at radius 1 is 0.481 bits per heavy atom. The first kappa shape index (κ1) is 26.2. The maximum absolute atomic E-state index is 2.43. The Balaban J connectivity index is 4.34. The Morgan fingerprint density at radius 2 is 0.815 bits per heavy atom. The summed E-state index contributed by atoms with van der Waals surface area (Å²) in [6.45, 7) is 14.3. The van der Waals surface area contributed by atoms with Crippen molar-refractivity contribution >= 4 is 0 Å². The van der Waals surface area contributed by atoms with Crippen LogP contribution in [0.2, 0.25) is 0 Å². The molecule has 0 rings (SSSR count). The van der Waals surface area contributed by atoms with Crippen LogP contribution < -0.4 is 0 Å². The molecule has 0 N–H and O–H groups in total. The molecule has 0 aromatic carbocycles. The predicted molar refractivity (Wildman–Crippen MR) is 125 cm³/mol. The first-order valence-electron chi connectivity index (χ1n) is 11.9. The summed E-state index contributed by atoms with van der Waals surface area (Å²) in [4.78, 5) is 0. The molecule has 1 nitrogen and oxygen atoms in total. The summed E-state index contributed by atoms with van der Waals surface area (Å²) in [5.74, 6) is 0. The van der Waals surface area contributed by atoms with E-state index in [0.29, 0.717) is 0 Å². The average molecular weight is 377 g/mol. The lowest BCUT2D eigenvalue weighted by atomic mass is 10.1. The van der Waals surface area contributed by atoms with Crippen molar-refractivity contribution in [3.63, 3.8) is 0 Å². The molecule has 0 aromatic rings. The molecule has 0 amide bonds. The number of rotatable bonds is 19. The van der Waals surface area contributed by atoms with E-state index in [4.69, 9.17) is 0 Å². The van der Waals surface area contributed by atoms with Gasteiger partial charge in [-0.3, -0.25) is 0 Å². The van der Waals surface area contributed by atoms with Crippen LogP contribution in [0.4, 0.5) is 0 Å². The van der Waals surface area contributed by atoms with Crippen LogP contribution in [-0.4, -0.2) is 30.7 Å². The molecule has 0 saturated carbocycles. The Morgan fingerprint density at radius 3 is 1.07 bits per heavy atom. The number of quaternary nitrogens is 1. The molecule has 0 aromatic heterocycles. The summed E-state index contributed by atoms with van der Waals surface area (Å²) >= 11 is 0. The molecular weight excluding hydrogens is 326 g/mol. The van der Waals surface area contributed by atoms with Crippen LogP contribution in [0.15, 0.2) is 36.5 Å². The fraction of sp³-hybridized carbons (Fsp3) is 0.769. The minimum Gasteiger partial charge on any atom is -0.324 e. The summed E-state index contributed by atoms with van der Waals surface area (Å²) in [7, 11) is 0. The molecule has 0 fully saturated rings. The van der Waals surface area contributed by atoms with Crippen LogP contribution in [0, 0.1) is 0 Å². The number of unbranched alkanes of at least 4 members (excludes halogenated alkanes) is 9. The largest absolute Gasteiger partial charge is 0.324 e. The first-order valence-corrected chi connectivity index (χ1v) is 11.9. The van der Waals surface area contributed by atoms with Crippen LogP contribution in [0.25, 0.3) is 0 Å². The molecule has 0 aliphatic carbocycles. The molecule has 27 heavy (non-hydrogen) atoms. The molecule has 158 valence electrons. The Hall–Kier alpha value is -0.820. The lowest BCUT2D eigenvalue weighted by molar-refractivity contribution is -0.927. The third kappa shape index (κ3) is 15.9. The van der Waals surface area contributed by atoms with Crippen molar-refractivity contribution in [3.05, 3.63) is 36.5 Å². The van der Waals surface area contributed by atoms with Gasteiger partial charge in [-0.1, -0.05) is 36.5 Å². The van der Waals surface area contributed by atoms with Gasteiger partial charge in [0, 0.05) is 0 Å². The van der Waals surface area contributed by atoms with Crippen molar-refractivity contribution in [1.29, 1.82) is 0 Å². The van der Waals surface area contributed by atoms with Gasteiger partial charge in [0.05, 0.1) is 26.2 Å². The topological polar surface area (TPSA) is 0 Å². The van der Waals surface area contributed by atoms with E-state index in [-0.39, 0.29) is 0 Å². The van der Waals surface area contributed by atoms with E-state index < -0.39 is 0 Å². The molecule has 1 heteroatoms. The molecule has 0 saturated heterocycles. The van der Waals surface area contributed by atoms with Gasteiger partial charge in [-0.05, 0) is 105 Å². The molecule has 0 aliphatic heterocycles. The van der Waals surface area contributed by atoms with Gasteiger partial charge < -0.3 is 4.48 Å². The van der Waals surface area contributed by atoms with E-state index in [1.807, 2.05) is 0 Å². The molecule has 0 spiro atoms. The van der Waals surface area contributed by atoms with Crippen LogP contribution >= 0.6 is 0 Å². The quantitative estimate of drug-likeness (QED) is 0.121. The van der Waals surface area contributed by atoms with Gasteiger partial charge in [0.1, 0.15) is 0 Å². The minimum absolute atomic E-state index is 1.26. The SMILES string of the molecule is C/C=C/CCCCC[N+](CC)(CCCCC/C=C/C)CCCCC/C=C/C. The number of hydrogen-bond acceptors (Lipinski definition) is 0. The van der Waals surface area contributed by atoms with E-state index in [2.05, 4.69) is 64.2 Å². The van der Waals surface area contributed by atoms with Crippen molar-refractivity contribution in [2.75, 3.05) is 26.2 Å². The summed E-state index contributed by atoms with van der Waals surface area (Å²) in [5.41, 5.74) is 0. The zero-order valence-electron chi connectivity index (χ0n) is 19.2. The minimum atomic E-state index is 1.26. The molecule has 0 unspecified atom stereocenters. The third-order valence-corrected chi connectivity index (χ3v) is 5.89. The maximum atomic E-state index is 2.43. The van der Waals surface area contributed by atoms with Crippen LogP contribution in [0.3, 0.4) is 0 Å². The highest BCUT2D eigenvalue weighted by atomic mass is 15.3. The fourth-order valence-electron chi connectivity index (χ4n) is 3.97. The lowest BCUT2D eigenvalue weighted by Gasteiger charge is -2.38. The lowest BCUT2D eigenvalue weighted by Crippen LogP contribution is -2.50. The van der Waals surface area contributed by atoms with E-state index in [9.17, 15) is 0 Å². The van der Waals surface area contributed by atoms with Crippen LogP contribution in [0.5, 0.6) is 0 Å². The summed E-state index contributed by atoms with van der Waals surface area (Å²) in [5, 5.41) is 0.